The summed E-state index contributed by atoms with van der Waals surface area (Å²) in [6.45, 7) is 11.9. The van der Waals surface area contributed by atoms with Gasteiger partial charge in [0, 0.05) is 56.4 Å². The lowest BCUT2D eigenvalue weighted by Crippen LogP contribution is -2.45. The molecular weight excluding hydrogens is 506 g/mol. The predicted octanol–water partition coefficient (Wildman–Crippen LogP) is 4.64. The van der Waals surface area contributed by atoms with Crippen LogP contribution in [0.5, 0.6) is 0 Å². The molecule has 208 valence electrons. The van der Waals surface area contributed by atoms with Crippen molar-refractivity contribution >= 4 is 34.2 Å². The minimum atomic E-state index is -1.17. The molecule has 0 spiro atoms. The third kappa shape index (κ3) is 5.04. The molecule has 1 aliphatic heterocycles. The molecule has 0 saturated heterocycles. The van der Waals surface area contributed by atoms with Crippen LogP contribution >= 0.6 is 0 Å². The molecular formula is C31H35N5O4. The van der Waals surface area contributed by atoms with Crippen LogP contribution in [0.1, 0.15) is 43.2 Å². The lowest BCUT2D eigenvalue weighted by atomic mass is 9.91. The van der Waals surface area contributed by atoms with E-state index in [4.69, 9.17) is 4.42 Å². The zero-order chi connectivity index (χ0) is 28.6. The second-order valence-corrected chi connectivity index (χ2v) is 10.9. The third-order valence-corrected chi connectivity index (χ3v) is 7.70. The number of aromatic nitrogens is 2. The van der Waals surface area contributed by atoms with Crippen molar-refractivity contribution in [3.63, 3.8) is 0 Å². The monoisotopic (exact) mass is 541 g/mol. The maximum atomic E-state index is 13.1. The Morgan fingerprint density at radius 2 is 1.88 bits per heavy atom. The Balaban J connectivity index is 1.45. The highest BCUT2D eigenvalue weighted by Gasteiger charge is 2.42. The van der Waals surface area contributed by atoms with Crippen LogP contribution in [0.15, 0.2) is 64.3 Å². The zero-order valence-corrected chi connectivity index (χ0v) is 23.7. The summed E-state index contributed by atoms with van der Waals surface area (Å²) in [4.78, 5) is 47.5. The first-order valence-electron chi connectivity index (χ1n) is 13.6. The van der Waals surface area contributed by atoms with Crippen LogP contribution in [0.3, 0.4) is 0 Å². The molecule has 2 amide bonds. The lowest BCUT2D eigenvalue weighted by Gasteiger charge is -2.27. The van der Waals surface area contributed by atoms with Gasteiger partial charge in [0.25, 0.3) is 5.56 Å². The number of hydrogen-bond acceptors (Lipinski definition) is 6. The molecule has 0 atom stereocenters. The highest BCUT2D eigenvalue weighted by molar-refractivity contribution is 6.19. The Morgan fingerprint density at radius 1 is 1.07 bits per heavy atom. The summed E-state index contributed by atoms with van der Waals surface area (Å²) in [6, 6.07) is 11.6. The molecule has 5 rings (SSSR count). The van der Waals surface area contributed by atoms with Crippen LogP contribution in [-0.4, -0.2) is 39.4 Å². The van der Waals surface area contributed by atoms with Gasteiger partial charge in [0.05, 0.1) is 23.0 Å². The molecule has 1 aromatic carbocycles. The van der Waals surface area contributed by atoms with Crippen LogP contribution in [-0.2, 0) is 29.2 Å². The van der Waals surface area contributed by atoms with Gasteiger partial charge in [-0.2, -0.15) is 0 Å². The fourth-order valence-corrected chi connectivity index (χ4v) is 5.26. The Labute approximate surface area is 233 Å². The van der Waals surface area contributed by atoms with Crippen molar-refractivity contribution in [3.8, 4) is 0 Å². The van der Waals surface area contributed by atoms with E-state index in [1.165, 1.54) is 0 Å². The van der Waals surface area contributed by atoms with E-state index in [1.54, 1.807) is 41.8 Å². The number of rotatable bonds is 8. The van der Waals surface area contributed by atoms with Gasteiger partial charge in [-0.25, -0.2) is 0 Å². The van der Waals surface area contributed by atoms with Gasteiger partial charge < -0.3 is 19.2 Å². The van der Waals surface area contributed by atoms with Crippen LogP contribution in [0.25, 0.3) is 11.0 Å². The number of aryl methyl sites for hydroxylation is 2. The number of pyridine rings is 2. The Hall–Kier alpha value is -4.24. The summed E-state index contributed by atoms with van der Waals surface area (Å²) in [6.07, 6.45) is 5.17. The zero-order valence-electron chi connectivity index (χ0n) is 23.7. The summed E-state index contributed by atoms with van der Waals surface area (Å²) < 4.78 is 7.23. The molecule has 1 aliphatic rings. The summed E-state index contributed by atoms with van der Waals surface area (Å²) in [5.74, 6) is -0.540. The minimum Gasteiger partial charge on any atom is -0.464 e. The van der Waals surface area contributed by atoms with E-state index in [9.17, 15) is 14.4 Å². The SMILES string of the molecule is CCN1C(=O)C(C)(C)C(=O)Nc2cc(CN(CCn3cc(C)c4occc4c3=O)Cc3cccnc3C)ccc21. The molecule has 0 radical (unpaired) electrons. The molecule has 3 aromatic heterocycles. The largest absolute Gasteiger partial charge is 0.464 e. The van der Waals surface area contributed by atoms with Gasteiger partial charge in [-0.15, -0.1) is 0 Å². The Bertz CT molecular complexity index is 1650. The number of carbonyl (C=O) groups is 2. The van der Waals surface area contributed by atoms with Crippen molar-refractivity contribution in [2.24, 2.45) is 5.41 Å². The summed E-state index contributed by atoms with van der Waals surface area (Å²) in [5, 5.41) is 3.56. The number of fused-ring (bicyclic) bond motifs is 2. The van der Waals surface area contributed by atoms with Crippen molar-refractivity contribution < 1.29 is 14.0 Å². The molecule has 1 N–H and O–H groups in total. The predicted molar refractivity (Wildman–Crippen MR) is 155 cm³/mol. The van der Waals surface area contributed by atoms with Crippen molar-refractivity contribution in [1.82, 2.24) is 14.5 Å². The van der Waals surface area contributed by atoms with E-state index in [0.29, 0.717) is 55.1 Å². The van der Waals surface area contributed by atoms with Crippen LogP contribution in [0, 0.1) is 19.3 Å². The van der Waals surface area contributed by atoms with E-state index in [1.807, 2.05) is 51.2 Å². The van der Waals surface area contributed by atoms with Crippen molar-refractivity contribution in [1.29, 1.82) is 0 Å². The van der Waals surface area contributed by atoms with Gasteiger partial charge in [0.1, 0.15) is 11.0 Å². The molecule has 0 fully saturated rings. The molecule has 9 heteroatoms. The van der Waals surface area contributed by atoms with Crippen LogP contribution in [0.4, 0.5) is 11.4 Å². The molecule has 0 bridgehead atoms. The van der Waals surface area contributed by atoms with Gasteiger partial charge in [0.2, 0.25) is 11.8 Å². The summed E-state index contributed by atoms with van der Waals surface area (Å²) in [5.41, 5.74) is 4.65. The average molecular weight is 542 g/mol. The van der Waals surface area contributed by atoms with E-state index in [0.717, 1.165) is 22.4 Å². The Morgan fingerprint density at radius 3 is 2.62 bits per heavy atom. The molecule has 40 heavy (non-hydrogen) atoms. The van der Waals surface area contributed by atoms with E-state index in [2.05, 4.69) is 21.3 Å². The highest BCUT2D eigenvalue weighted by atomic mass is 16.3. The lowest BCUT2D eigenvalue weighted by molar-refractivity contribution is -0.136. The quantitative estimate of drug-likeness (QED) is 0.326. The Kier molecular flexibility index (Phi) is 7.33. The summed E-state index contributed by atoms with van der Waals surface area (Å²) >= 11 is 0. The van der Waals surface area contributed by atoms with Crippen molar-refractivity contribution in [3.05, 3.63) is 87.8 Å². The van der Waals surface area contributed by atoms with Crippen molar-refractivity contribution in [2.75, 3.05) is 23.3 Å². The molecule has 0 saturated carbocycles. The number of nitrogens with one attached hydrogen (secondary N) is 1. The second-order valence-electron chi connectivity index (χ2n) is 10.9. The maximum Gasteiger partial charge on any atom is 0.261 e. The van der Waals surface area contributed by atoms with Gasteiger partial charge in [-0.1, -0.05) is 12.1 Å². The van der Waals surface area contributed by atoms with E-state index in [-0.39, 0.29) is 17.4 Å². The molecule has 0 aliphatic carbocycles. The maximum absolute atomic E-state index is 13.1. The van der Waals surface area contributed by atoms with Gasteiger partial charge in [-0.05, 0) is 70.0 Å². The molecule has 4 aromatic rings. The van der Waals surface area contributed by atoms with Gasteiger partial charge in [-0.3, -0.25) is 24.3 Å². The fourth-order valence-electron chi connectivity index (χ4n) is 5.26. The molecule has 4 heterocycles. The smallest absolute Gasteiger partial charge is 0.261 e. The molecule has 9 nitrogen and oxygen atoms in total. The van der Waals surface area contributed by atoms with E-state index >= 15 is 0 Å². The second kappa shape index (κ2) is 10.7. The van der Waals surface area contributed by atoms with Gasteiger partial charge >= 0.3 is 0 Å². The standard InChI is InChI=1S/C31H35N5O4/c1-6-36-26-10-9-22(16-25(26)33-29(38)31(4,5)30(36)39)18-34(19-23-8-7-12-32-21(23)3)13-14-35-17-20(2)27-24(28(35)37)11-15-40-27/h7-12,15-17H,6,13-14,18-19H2,1-5H3,(H,33,38). The van der Waals surface area contributed by atoms with Crippen molar-refractivity contribution in [2.45, 2.75) is 54.3 Å². The first-order chi connectivity index (χ1) is 19.1. The average Bonchev–Trinajstić information content (AvgIpc) is 3.41. The first-order valence-corrected chi connectivity index (χ1v) is 13.6. The number of furan rings is 1. The van der Waals surface area contributed by atoms with Crippen LogP contribution < -0.4 is 15.8 Å². The van der Waals surface area contributed by atoms with E-state index < -0.39 is 5.41 Å². The number of carbonyl (C=O) groups excluding carboxylic acids is 2. The number of hydrogen-bond donors (Lipinski definition) is 1. The van der Waals surface area contributed by atoms with Crippen LogP contribution in [0.2, 0.25) is 0 Å². The number of benzene rings is 1. The number of amides is 2. The first kappa shape index (κ1) is 27.3. The topological polar surface area (TPSA) is 101 Å². The number of anilines is 2. The van der Waals surface area contributed by atoms with Gasteiger partial charge in [0.15, 0.2) is 0 Å². The highest BCUT2D eigenvalue weighted by Crippen LogP contribution is 2.36. The molecule has 0 unspecified atom stereocenters. The third-order valence-electron chi connectivity index (χ3n) is 7.70. The fraction of sp³-hybridized carbons (Fsp3) is 0.355. The summed E-state index contributed by atoms with van der Waals surface area (Å²) in [7, 11) is 0. The minimum absolute atomic E-state index is 0.0773. The number of nitrogens with zero attached hydrogens (tertiary/aromatic N) is 4. The normalized spacial score (nSPS) is 14.9.